The third-order valence-electron chi connectivity index (χ3n) is 12.7. The van der Waals surface area contributed by atoms with Crippen LogP contribution in [0.15, 0.2) is 53.2 Å². The molecule has 101 heavy (non-hydrogen) atoms. The number of rotatable bonds is 38. The number of amides is 5. The highest BCUT2D eigenvalue weighted by Crippen LogP contribution is 2.22. The summed E-state index contributed by atoms with van der Waals surface area (Å²) in [5.41, 5.74) is 31.9. The Hall–Kier alpha value is -9.85. The minimum Gasteiger partial charge on any atom is -0.496 e. The van der Waals surface area contributed by atoms with Gasteiger partial charge >= 0.3 is 23.9 Å². The number of thiazole rings is 2. The molecule has 0 aliphatic carbocycles. The van der Waals surface area contributed by atoms with E-state index in [0.717, 1.165) is 22.0 Å². The van der Waals surface area contributed by atoms with E-state index < -0.39 is 0 Å². The molecule has 6 rings (SSSR count). The summed E-state index contributed by atoms with van der Waals surface area (Å²) in [5.74, 6) is -1.94. The van der Waals surface area contributed by atoms with Gasteiger partial charge in [0.05, 0.1) is 83.7 Å². The number of aryl methyl sites for hydroxylation is 1. The normalized spacial score (nSPS) is 10.2. The number of hydrogen-bond acceptors (Lipinski definition) is 32. The van der Waals surface area contributed by atoms with Gasteiger partial charge in [-0.05, 0) is 83.9 Å². The zero-order valence-electron chi connectivity index (χ0n) is 57.8. The molecule has 0 aliphatic heterocycles. The Morgan fingerprint density at radius 2 is 0.950 bits per heavy atom. The molecular weight excluding hydrogens is 1390 g/mol. The molecule has 4 aromatic heterocycles. The topological polar surface area (TPSA) is 502 Å². The summed E-state index contributed by atoms with van der Waals surface area (Å²) in [4.78, 5) is 139. The lowest BCUT2D eigenvalue weighted by molar-refractivity contribution is -0.190. The van der Waals surface area contributed by atoms with Gasteiger partial charge in [-0.1, -0.05) is 34.8 Å². The van der Waals surface area contributed by atoms with E-state index in [1.807, 2.05) is 17.5 Å². The molecule has 0 fully saturated rings. The van der Waals surface area contributed by atoms with Gasteiger partial charge in [0.25, 0.3) is 0 Å². The number of nitrogen functional groups attached to an aromatic ring is 5. The van der Waals surface area contributed by atoms with Gasteiger partial charge in [0.2, 0.25) is 39.8 Å². The zero-order valence-corrected chi connectivity index (χ0v) is 61.0. The highest BCUT2D eigenvalue weighted by atomic mass is 32.1. The first kappa shape index (κ1) is 87.2. The van der Waals surface area contributed by atoms with Crippen LogP contribution in [0.2, 0.25) is 0 Å². The molecule has 0 spiro atoms. The predicted octanol–water partition coefficient (Wildman–Crippen LogP) is 5.36. The second kappa shape index (κ2) is 51.3. The Bertz CT molecular complexity index is 3380. The number of methoxy groups -OCH3 is 1. The average Bonchev–Trinajstić information content (AvgIpc) is 1.75. The first-order valence-electron chi connectivity index (χ1n) is 32.0. The summed E-state index contributed by atoms with van der Waals surface area (Å²) in [6.45, 7) is 13.5. The summed E-state index contributed by atoms with van der Waals surface area (Å²) in [6, 6.07) is 12.5. The molecule has 37 heteroatoms. The van der Waals surface area contributed by atoms with Gasteiger partial charge in [0.15, 0.2) is 16.0 Å². The molecule has 0 bridgehead atoms. The Labute approximate surface area is 601 Å². The van der Waals surface area contributed by atoms with Crippen molar-refractivity contribution in [3.05, 3.63) is 91.3 Å². The summed E-state index contributed by atoms with van der Waals surface area (Å²) in [6.07, 6.45) is 3.37. The van der Waals surface area contributed by atoms with E-state index >= 15 is 0 Å². The number of hydroxylamine groups is 2. The number of ketones is 2. The SMILES string of the molecule is CCN(OCc1cc(C(C)=O)ccc1OC)C(=O)CCC(=O)CCc1ccc(N)cc1.CCOC(=O)CCC(=O)NCCc1csc(N)n1.CCOC(=O)CCC(=O)NCCc1nnc(N)s1.CCOC(=O)CCC(=O)NCc1csc(N)n1.CCOC(=O)CCC(=O)NCc1nnc(N)s1. The number of nitrogens with zero attached hydrogens (tertiary/aromatic N) is 7. The van der Waals surface area contributed by atoms with Crippen LogP contribution < -0.4 is 54.7 Å². The smallest absolute Gasteiger partial charge is 0.306 e. The van der Waals surface area contributed by atoms with Crippen LogP contribution in [-0.4, -0.2) is 154 Å². The van der Waals surface area contributed by atoms with Gasteiger partial charge in [-0.15, -0.1) is 43.1 Å². The zero-order chi connectivity index (χ0) is 74.9. The maximum atomic E-state index is 12.5. The molecule has 5 amide bonds. The first-order valence-corrected chi connectivity index (χ1v) is 35.4. The second-order valence-corrected chi connectivity index (χ2v) is 24.6. The van der Waals surface area contributed by atoms with Crippen LogP contribution in [0.3, 0.4) is 0 Å². The van der Waals surface area contributed by atoms with E-state index in [-0.39, 0.29) is 142 Å². The van der Waals surface area contributed by atoms with Crippen molar-refractivity contribution in [1.29, 1.82) is 0 Å². The average molecular weight is 1490 g/mol. The quantitative estimate of drug-likeness (QED) is 0.00774. The molecular formula is C64H92N16O17S4. The standard InChI is InChI=1S/C24H30N2O5.C11H17N3O3S.C10H16N4O3S.C10H15N3O3S.C9H14N4O3S/c1-4-26(31-16-20-15-19(17(2)27)8-13-23(20)30-3)24(29)14-12-22(28)11-7-18-5-9-21(25)10-6-18;1-2-17-10(16)4-3-9(15)13-6-5-8-7-18-11(12)14-8;1-2-17-9(16)4-3-7(15)12-6-5-8-13-14-10(11)18-8;1-2-16-9(15)4-3-8(14)12-5-7-6-17-10(11)13-7;1-2-16-8(15)4-3-6(14)11-5-7-12-13-9(10)17-7/h5-6,8-10,13,15H,4,7,11-12,14,16,25H2,1-3H3;7H,2-6H2,1H3,(H2,12,14)(H,13,15);2-6H2,1H3,(H2,11,14)(H,12,15);6H,2-5H2,1H3,(H2,11,13)(H,12,14);2-5H2,1H3,(H2,10,13)(H,11,14). The van der Waals surface area contributed by atoms with Crippen LogP contribution in [0.25, 0.3) is 0 Å². The molecule has 33 nitrogen and oxygen atoms in total. The fourth-order valence-corrected chi connectivity index (χ4v) is 10.1. The van der Waals surface area contributed by atoms with Gasteiger partial charge in [-0.2, -0.15) is 0 Å². The number of hydrogen-bond donors (Lipinski definition) is 9. The Morgan fingerprint density at radius 3 is 1.39 bits per heavy atom. The number of nitrogens with one attached hydrogen (secondary N) is 4. The Kier molecular flexibility index (Phi) is 44.3. The third-order valence-corrected chi connectivity index (χ3v) is 15.7. The second-order valence-electron chi connectivity index (χ2n) is 20.6. The predicted molar refractivity (Wildman–Crippen MR) is 381 cm³/mol. The van der Waals surface area contributed by atoms with Crippen molar-refractivity contribution in [3.63, 3.8) is 0 Å². The van der Waals surface area contributed by atoms with Crippen LogP contribution in [-0.2, 0) is 111 Å². The molecule has 2 aromatic carbocycles. The lowest BCUT2D eigenvalue weighted by atomic mass is 10.0. The highest BCUT2D eigenvalue weighted by Gasteiger charge is 2.18. The molecule has 6 aromatic rings. The Morgan fingerprint density at radius 1 is 0.485 bits per heavy atom. The molecule has 4 heterocycles. The maximum Gasteiger partial charge on any atom is 0.306 e. The Balaban J connectivity index is 0.000000441. The highest BCUT2D eigenvalue weighted by molar-refractivity contribution is 7.15. The molecule has 554 valence electrons. The third kappa shape index (κ3) is 41.4. The van der Waals surface area contributed by atoms with Gasteiger partial charge in [-0.25, -0.2) is 15.0 Å². The summed E-state index contributed by atoms with van der Waals surface area (Å²) in [7, 11) is 1.53. The van der Waals surface area contributed by atoms with Crippen molar-refractivity contribution in [2.24, 2.45) is 0 Å². The molecule has 0 atom stereocenters. The van der Waals surface area contributed by atoms with E-state index in [1.54, 1.807) is 70.3 Å². The van der Waals surface area contributed by atoms with Gasteiger partial charge in [0.1, 0.15) is 28.2 Å². The minimum atomic E-state index is -0.372. The van der Waals surface area contributed by atoms with E-state index in [4.69, 9.17) is 57.2 Å². The number of carbonyl (C=O) groups excluding carboxylic acids is 11. The van der Waals surface area contributed by atoms with Crippen molar-refractivity contribution in [2.45, 2.75) is 151 Å². The minimum absolute atomic E-state index is 0.0251. The summed E-state index contributed by atoms with van der Waals surface area (Å²) >= 11 is 5.20. The lowest BCUT2D eigenvalue weighted by Crippen LogP contribution is -2.31. The van der Waals surface area contributed by atoms with Crippen LogP contribution in [0.4, 0.5) is 26.2 Å². The van der Waals surface area contributed by atoms with Crippen LogP contribution in [0.5, 0.6) is 5.75 Å². The van der Waals surface area contributed by atoms with Crippen molar-refractivity contribution >= 4 is 137 Å². The number of benzene rings is 2. The number of anilines is 5. The lowest BCUT2D eigenvalue weighted by Gasteiger charge is -2.21. The van der Waals surface area contributed by atoms with Crippen molar-refractivity contribution < 1.29 is 81.3 Å². The van der Waals surface area contributed by atoms with Crippen molar-refractivity contribution in [2.75, 3.05) is 81.8 Å². The van der Waals surface area contributed by atoms with Crippen LogP contribution in [0.1, 0.15) is 155 Å². The molecule has 0 saturated carbocycles. The van der Waals surface area contributed by atoms with Crippen LogP contribution >= 0.6 is 45.3 Å². The van der Waals surface area contributed by atoms with Crippen LogP contribution in [0, 0.1) is 0 Å². The fraction of sp³-hybridized carbons (Fsp3) is 0.484. The number of ether oxygens (including phenoxy) is 5. The number of esters is 4. The van der Waals surface area contributed by atoms with E-state index in [2.05, 4.69) is 51.6 Å². The monoisotopic (exact) mass is 1480 g/mol. The maximum absolute atomic E-state index is 12.5. The number of Topliss-reactive ketones (excluding diaryl/α,β-unsaturated/α-hetero) is 2. The molecule has 0 radical (unpaired) electrons. The number of nitrogens with two attached hydrogens (primary N) is 5. The number of carbonyl (C=O) groups is 11. The summed E-state index contributed by atoms with van der Waals surface area (Å²) in [5, 5.41) is 33.6. The molecule has 0 unspecified atom stereocenters. The van der Waals surface area contributed by atoms with E-state index in [9.17, 15) is 52.7 Å². The molecule has 0 aliphatic rings. The fourth-order valence-electron chi connectivity index (χ4n) is 7.76. The van der Waals surface area contributed by atoms with Gasteiger partial charge in [0, 0.05) is 105 Å². The molecule has 14 N–H and O–H groups in total. The first-order chi connectivity index (χ1) is 48.3. The van der Waals surface area contributed by atoms with Gasteiger partial charge < -0.3 is 73.6 Å². The van der Waals surface area contributed by atoms with E-state index in [1.165, 1.54) is 64.4 Å². The molecule has 0 saturated heterocycles. The summed E-state index contributed by atoms with van der Waals surface area (Å²) < 4.78 is 24.2. The van der Waals surface area contributed by atoms with Gasteiger partial charge in [-0.3, -0.25) is 57.6 Å². The van der Waals surface area contributed by atoms with Crippen molar-refractivity contribution in [3.8, 4) is 5.75 Å². The number of aromatic nitrogens is 6. The largest absolute Gasteiger partial charge is 0.496 e. The van der Waals surface area contributed by atoms with Crippen molar-refractivity contribution in [1.82, 2.24) is 56.7 Å². The van der Waals surface area contributed by atoms with E-state index in [0.29, 0.717) is 126 Å².